The number of hydrogen-bond acceptors (Lipinski definition) is 3. The molecule has 18 heavy (non-hydrogen) atoms. The van der Waals surface area contributed by atoms with E-state index in [1.54, 1.807) is 0 Å². The van der Waals surface area contributed by atoms with Crippen LogP contribution in [0.2, 0.25) is 0 Å². The Kier molecular flexibility index (Phi) is 6.11. The van der Waals surface area contributed by atoms with Gasteiger partial charge in [-0.15, -0.1) is 0 Å². The first-order valence-electron chi connectivity index (χ1n) is 5.79. The molecule has 0 fully saturated rings. The third kappa shape index (κ3) is 5.69. The summed E-state index contributed by atoms with van der Waals surface area (Å²) >= 11 is 6.93. The monoisotopic (exact) mass is 379 g/mol. The van der Waals surface area contributed by atoms with E-state index in [1.165, 1.54) is 0 Å². The summed E-state index contributed by atoms with van der Waals surface area (Å²) in [5, 5.41) is 13.0. The molecule has 0 saturated carbocycles. The van der Waals surface area contributed by atoms with Crippen LogP contribution in [0.3, 0.4) is 0 Å². The molecule has 0 radical (unpaired) electrons. The van der Waals surface area contributed by atoms with Crippen LogP contribution in [0.15, 0.2) is 27.1 Å². The van der Waals surface area contributed by atoms with E-state index in [0.29, 0.717) is 13.2 Å². The van der Waals surface area contributed by atoms with Crippen LogP contribution in [0.4, 0.5) is 5.69 Å². The maximum atomic E-state index is 9.84. The zero-order chi connectivity index (χ0) is 13.8. The molecule has 0 aromatic heterocycles. The molecule has 1 aromatic carbocycles. The molecule has 1 rings (SSSR count). The quantitative estimate of drug-likeness (QED) is 0.816. The molecule has 1 atom stereocenters. The largest absolute Gasteiger partial charge is 0.389 e. The molecule has 0 aliphatic heterocycles. The maximum Gasteiger partial charge on any atom is 0.0945 e. The summed E-state index contributed by atoms with van der Waals surface area (Å²) in [5.41, 5.74) is 0.710. The first-order chi connectivity index (χ1) is 8.29. The molecule has 2 N–H and O–H groups in total. The van der Waals surface area contributed by atoms with Gasteiger partial charge in [0.1, 0.15) is 0 Å². The molecule has 0 aliphatic rings. The maximum absolute atomic E-state index is 9.84. The number of ether oxygens (including phenoxy) is 1. The minimum absolute atomic E-state index is 0.227. The van der Waals surface area contributed by atoms with Crippen LogP contribution in [-0.4, -0.2) is 30.0 Å². The number of anilines is 1. The van der Waals surface area contributed by atoms with E-state index in [1.807, 2.05) is 39.0 Å². The smallest absolute Gasteiger partial charge is 0.0945 e. The number of hydrogen-bond donors (Lipinski definition) is 2. The van der Waals surface area contributed by atoms with Crippen molar-refractivity contribution in [3.63, 3.8) is 0 Å². The van der Waals surface area contributed by atoms with Gasteiger partial charge in [0.2, 0.25) is 0 Å². The van der Waals surface area contributed by atoms with Crippen molar-refractivity contribution in [2.24, 2.45) is 0 Å². The van der Waals surface area contributed by atoms with Crippen molar-refractivity contribution in [2.75, 3.05) is 18.5 Å². The Morgan fingerprint density at radius 1 is 1.28 bits per heavy atom. The van der Waals surface area contributed by atoms with E-state index in [-0.39, 0.29) is 5.60 Å². The molecule has 1 aromatic rings. The summed E-state index contributed by atoms with van der Waals surface area (Å²) in [6.45, 7) is 6.67. The molecular formula is C13H19Br2NO2. The highest BCUT2D eigenvalue weighted by Crippen LogP contribution is 2.30. The van der Waals surface area contributed by atoms with E-state index < -0.39 is 6.10 Å². The highest BCUT2D eigenvalue weighted by Gasteiger charge is 2.14. The fourth-order valence-electron chi connectivity index (χ4n) is 1.29. The average molecular weight is 381 g/mol. The number of halogens is 2. The molecule has 5 heteroatoms. The minimum atomic E-state index is -0.539. The first kappa shape index (κ1) is 16.0. The highest BCUT2D eigenvalue weighted by atomic mass is 79.9. The standard InChI is InChI=1S/C13H19Br2NO2/c1-13(2,3)18-8-9(17)7-16-12-10(14)5-4-6-11(12)15/h4-6,9,16-17H,7-8H2,1-3H3. The fourth-order valence-corrected chi connectivity index (χ4v) is 2.57. The first-order valence-corrected chi connectivity index (χ1v) is 7.38. The van der Waals surface area contributed by atoms with Gasteiger partial charge in [-0.2, -0.15) is 0 Å². The summed E-state index contributed by atoms with van der Waals surface area (Å²) in [6, 6.07) is 5.84. The molecular weight excluding hydrogens is 362 g/mol. The van der Waals surface area contributed by atoms with Gasteiger partial charge < -0.3 is 15.2 Å². The van der Waals surface area contributed by atoms with E-state index in [0.717, 1.165) is 14.6 Å². The summed E-state index contributed by atoms with van der Waals surface area (Å²) in [7, 11) is 0. The lowest BCUT2D eigenvalue weighted by molar-refractivity contribution is -0.0449. The Morgan fingerprint density at radius 2 is 1.83 bits per heavy atom. The van der Waals surface area contributed by atoms with Gasteiger partial charge in [0.15, 0.2) is 0 Å². The lowest BCUT2D eigenvalue weighted by atomic mass is 10.2. The zero-order valence-corrected chi connectivity index (χ0v) is 14.0. The van der Waals surface area contributed by atoms with Gasteiger partial charge in [0.05, 0.1) is 24.0 Å². The molecule has 0 spiro atoms. The van der Waals surface area contributed by atoms with Gasteiger partial charge in [-0.1, -0.05) is 6.07 Å². The molecule has 102 valence electrons. The third-order valence-corrected chi connectivity index (χ3v) is 3.51. The topological polar surface area (TPSA) is 41.5 Å². The number of aliphatic hydroxyl groups excluding tert-OH is 1. The second-order valence-electron chi connectivity index (χ2n) is 5.05. The van der Waals surface area contributed by atoms with Crippen LogP contribution >= 0.6 is 31.9 Å². The molecule has 0 saturated heterocycles. The molecule has 0 amide bonds. The van der Waals surface area contributed by atoms with Crippen LogP contribution < -0.4 is 5.32 Å². The van der Waals surface area contributed by atoms with Crippen LogP contribution in [0.5, 0.6) is 0 Å². The summed E-state index contributed by atoms with van der Waals surface area (Å²) in [6.07, 6.45) is -0.539. The third-order valence-electron chi connectivity index (χ3n) is 2.19. The molecule has 0 heterocycles. The lowest BCUT2D eigenvalue weighted by Crippen LogP contribution is -2.30. The van der Waals surface area contributed by atoms with Gasteiger partial charge in [-0.05, 0) is 64.8 Å². The van der Waals surface area contributed by atoms with Crippen molar-refractivity contribution in [3.05, 3.63) is 27.1 Å². The normalized spacial score (nSPS) is 13.4. The van der Waals surface area contributed by atoms with Gasteiger partial charge in [0, 0.05) is 15.5 Å². The Labute approximate surface area is 125 Å². The SMILES string of the molecule is CC(C)(C)OCC(O)CNc1c(Br)cccc1Br. The van der Waals surface area contributed by atoms with E-state index in [9.17, 15) is 5.11 Å². The summed E-state index contributed by atoms with van der Waals surface area (Å²) in [4.78, 5) is 0. The van der Waals surface area contributed by atoms with Crippen LogP contribution in [0.1, 0.15) is 20.8 Å². The van der Waals surface area contributed by atoms with Gasteiger partial charge in [-0.3, -0.25) is 0 Å². The van der Waals surface area contributed by atoms with Crippen LogP contribution in [-0.2, 0) is 4.74 Å². The fraction of sp³-hybridized carbons (Fsp3) is 0.538. The van der Waals surface area contributed by atoms with Crippen LogP contribution in [0.25, 0.3) is 0 Å². The van der Waals surface area contributed by atoms with Crippen molar-refractivity contribution in [1.82, 2.24) is 0 Å². The predicted molar refractivity (Wildman–Crippen MR) is 82.0 cm³/mol. The zero-order valence-electron chi connectivity index (χ0n) is 10.8. The summed E-state index contributed by atoms with van der Waals surface area (Å²) in [5.74, 6) is 0. The van der Waals surface area contributed by atoms with Gasteiger partial charge in [-0.25, -0.2) is 0 Å². The minimum Gasteiger partial charge on any atom is -0.389 e. The number of aliphatic hydroxyl groups is 1. The Balaban J connectivity index is 2.45. The van der Waals surface area contributed by atoms with Crippen molar-refractivity contribution in [3.8, 4) is 0 Å². The molecule has 0 bridgehead atoms. The Morgan fingerprint density at radius 3 is 2.33 bits per heavy atom. The van der Waals surface area contributed by atoms with Crippen molar-refractivity contribution >= 4 is 37.5 Å². The summed E-state index contributed by atoms with van der Waals surface area (Å²) < 4.78 is 7.44. The molecule has 0 aliphatic carbocycles. The van der Waals surface area contributed by atoms with Crippen LogP contribution in [0, 0.1) is 0 Å². The second kappa shape index (κ2) is 6.89. The molecule has 3 nitrogen and oxygen atoms in total. The van der Waals surface area contributed by atoms with E-state index >= 15 is 0 Å². The number of para-hydroxylation sites is 1. The Bertz CT molecular complexity index is 371. The highest BCUT2D eigenvalue weighted by molar-refractivity contribution is 9.11. The lowest BCUT2D eigenvalue weighted by Gasteiger charge is -2.22. The molecule has 1 unspecified atom stereocenters. The Hall–Kier alpha value is -0.100. The van der Waals surface area contributed by atoms with E-state index in [2.05, 4.69) is 37.2 Å². The van der Waals surface area contributed by atoms with Crippen molar-refractivity contribution in [2.45, 2.75) is 32.5 Å². The van der Waals surface area contributed by atoms with Crippen molar-refractivity contribution < 1.29 is 9.84 Å². The average Bonchev–Trinajstić information content (AvgIpc) is 2.25. The van der Waals surface area contributed by atoms with E-state index in [4.69, 9.17) is 4.74 Å². The number of rotatable bonds is 5. The second-order valence-corrected chi connectivity index (χ2v) is 6.76. The number of nitrogens with one attached hydrogen (secondary N) is 1. The predicted octanol–water partition coefficient (Wildman–Crippen LogP) is 3.80. The van der Waals surface area contributed by atoms with Gasteiger partial charge in [0.25, 0.3) is 0 Å². The van der Waals surface area contributed by atoms with Gasteiger partial charge >= 0.3 is 0 Å². The van der Waals surface area contributed by atoms with Crippen molar-refractivity contribution in [1.29, 1.82) is 0 Å². The number of benzene rings is 1.